The highest BCUT2D eigenvalue weighted by Gasteiger charge is 2.29. The van der Waals surface area contributed by atoms with E-state index in [1.165, 1.54) is 55.2 Å². The number of nitrogens with zero attached hydrogens (tertiary/aromatic N) is 10. The van der Waals surface area contributed by atoms with Crippen molar-refractivity contribution in [1.82, 2.24) is 48.2 Å². The predicted octanol–water partition coefficient (Wildman–Crippen LogP) is 24.0. The van der Waals surface area contributed by atoms with Gasteiger partial charge in [-0.2, -0.15) is 0 Å². The quantitative estimate of drug-likeness (QED) is 0.124. The maximum atomic E-state index is 6.32. The molecule has 520 valence electrons. The second-order valence-electron chi connectivity index (χ2n) is 27.4. The number of aromatic nitrogens is 10. The topological polar surface area (TPSA) is 125 Å². The SMILES string of the molecule is CCc1nc2cccc3c2n1-c1cc(-c2cc(-c4ccccc4)cc(-c4ccccc4)c2)ccc1O3.CCc1nc2cccc3c2n1-c1cc(-c2ccc(-n4c5ccccc5c5ccccc54)cc2)ccc1O3.CCc1nc2cccc3c2n1-c1cc(-c2nc(-c4ccccc4)nc(-c4ccccc4)n2)ccc1O3. The molecule has 0 saturated heterocycles. The Kier molecular flexibility index (Phi) is 15.7. The third-order valence-electron chi connectivity index (χ3n) is 20.8. The average molecular weight is 1410 g/mol. The first-order valence-electron chi connectivity index (χ1n) is 37.1. The fraction of sp³-hybridized carbons (Fsp3) is 0.0625. The number of hydrogen-bond donors (Lipinski definition) is 0. The van der Waals surface area contributed by atoms with E-state index in [2.05, 4.69) is 245 Å². The molecule has 8 heterocycles. The van der Waals surface area contributed by atoms with Crippen LogP contribution < -0.4 is 14.2 Å². The van der Waals surface area contributed by atoms with Crippen LogP contribution in [-0.4, -0.2) is 48.2 Å². The van der Waals surface area contributed by atoms with E-state index < -0.39 is 0 Å². The van der Waals surface area contributed by atoms with E-state index in [0.29, 0.717) is 17.5 Å². The normalized spacial score (nSPS) is 12.0. The zero-order valence-electron chi connectivity index (χ0n) is 59.9. The van der Waals surface area contributed by atoms with Crippen LogP contribution in [0.1, 0.15) is 38.2 Å². The van der Waals surface area contributed by atoms with Gasteiger partial charge in [0.15, 0.2) is 52.0 Å². The lowest BCUT2D eigenvalue weighted by Gasteiger charge is -2.22. The van der Waals surface area contributed by atoms with Crippen molar-refractivity contribution in [2.24, 2.45) is 0 Å². The summed E-state index contributed by atoms with van der Waals surface area (Å²) in [7, 11) is 0. The molecule has 3 aliphatic heterocycles. The number of para-hydroxylation sites is 5. The monoisotopic (exact) mass is 1410 g/mol. The first-order chi connectivity index (χ1) is 53.9. The number of fused-ring (bicyclic) bond motifs is 9. The van der Waals surface area contributed by atoms with Crippen LogP contribution in [0.3, 0.4) is 0 Å². The summed E-state index contributed by atoms with van der Waals surface area (Å²) in [6.07, 6.45) is 2.50. The molecular weight excluding hydrogens is 1340 g/mol. The van der Waals surface area contributed by atoms with Gasteiger partial charge in [0.25, 0.3) is 0 Å². The lowest BCUT2D eigenvalue weighted by Crippen LogP contribution is -2.08. The minimum Gasteiger partial charge on any atom is -0.453 e. The molecule has 0 spiro atoms. The molecule has 109 heavy (non-hydrogen) atoms. The lowest BCUT2D eigenvalue weighted by molar-refractivity contribution is 0.474. The molecule has 13 nitrogen and oxygen atoms in total. The molecule has 0 atom stereocenters. The molecule has 0 bridgehead atoms. The number of rotatable bonds is 11. The van der Waals surface area contributed by atoms with Crippen LogP contribution in [0.5, 0.6) is 34.5 Å². The smallest absolute Gasteiger partial charge is 0.164 e. The summed E-state index contributed by atoms with van der Waals surface area (Å²) in [5, 5.41) is 2.55. The Labute approximate surface area is 628 Å². The second kappa shape index (κ2) is 26.7. The van der Waals surface area contributed by atoms with E-state index in [0.717, 1.165) is 155 Å². The number of hydrogen-bond acceptors (Lipinski definition) is 9. The van der Waals surface area contributed by atoms with Crippen LogP contribution in [0.25, 0.3) is 156 Å². The summed E-state index contributed by atoms with van der Waals surface area (Å²) < 4.78 is 28.0. The van der Waals surface area contributed by atoms with E-state index in [-0.39, 0.29) is 0 Å². The highest BCUT2D eigenvalue weighted by Crippen LogP contribution is 2.48. The molecule has 0 N–H and O–H groups in total. The molecule has 0 saturated carbocycles. The first kappa shape index (κ1) is 64.3. The predicted molar refractivity (Wildman–Crippen MR) is 437 cm³/mol. The summed E-state index contributed by atoms with van der Waals surface area (Å²) in [6.45, 7) is 6.42. The zero-order chi connectivity index (χ0) is 72.6. The highest BCUT2D eigenvalue weighted by molar-refractivity contribution is 6.09. The van der Waals surface area contributed by atoms with Crippen molar-refractivity contribution in [1.29, 1.82) is 0 Å². The van der Waals surface area contributed by atoms with Crippen molar-refractivity contribution in [3.8, 4) is 136 Å². The van der Waals surface area contributed by atoms with Gasteiger partial charge in [0.2, 0.25) is 0 Å². The Balaban J connectivity index is 0.000000107. The Morgan fingerprint density at radius 1 is 0.229 bits per heavy atom. The Morgan fingerprint density at radius 3 is 0.936 bits per heavy atom. The molecule has 19 aromatic rings. The molecule has 0 amide bonds. The average Bonchev–Trinajstić information content (AvgIpc) is 1.63. The Hall–Kier alpha value is -14.3. The number of benzene rings is 14. The molecule has 0 unspecified atom stereocenters. The van der Waals surface area contributed by atoms with Gasteiger partial charge in [-0.25, -0.2) is 29.9 Å². The van der Waals surface area contributed by atoms with Gasteiger partial charge in [0.05, 0.1) is 44.6 Å². The molecular formula is C96H68N10O3. The summed E-state index contributed by atoms with van der Waals surface area (Å²) in [5.41, 5.74) is 24.8. The molecule has 5 aromatic heterocycles. The van der Waals surface area contributed by atoms with Gasteiger partial charge in [0.1, 0.15) is 34.0 Å². The van der Waals surface area contributed by atoms with Gasteiger partial charge in [0, 0.05) is 52.4 Å². The molecule has 0 aliphatic carbocycles. The molecule has 0 radical (unpaired) electrons. The number of aryl methyl sites for hydroxylation is 3. The van der Waals surface area contributed by atoms with E-state index in [4.69, 9.17) is 44.1 Å². The second-order valence-corrected chi connectivity index (χ2v) is 27.4. The van der Waals surface area contributed by atoms with E-state index in [1.54, 1.807) is 0 Å². The number of ether oxygens (including phenoxy) is 3. The van der Waals surface area contributed by atoms with Gasteiger partial charge in [-0.3, -0.25) is 13.7 Å². The van der Waals surface area contributed by atoms with Crippen LogP contribution in [0.2, 0.25) is 0 Å². The summed E-state index contributed by atoms with van der Waals surface area (Å²) in [4.78, 5) is 29.2. The summed E-state index contributed by atoms with van der Waals surface area (Å²) >= 11 is 0. The molecule has 0 fully saturated rings. The van der Waals surface area contributed by atoms with Crippen LogP contribution in [0, 0.1) is 0 Å². The van der Waals surface area contributed by atoms with Crippen molar-refractivity contribution in [3.05, 3.63) is 339 Å². The highest BCUT2D eigenvalue weighted by atomic mass is 16.5. The maximum absolute atomic E-state index is 6.32. The Morgan fingerprint density at radius 2 is 0.541 bits per heavy atom. The molecule has 22 rings (SSSR count). The fourth-order valence-electron chi connectivity index (χ4n) is 15.7. The number of imidazole rings is 3. The van der Waals surface area contributed by atoms with Crippen LogP contribution >= 0.6 is 0 Å². The van der Waals surface area contributed by atoms with Crippen LogP contribution in [-0.2, 0) is 19.3 Å². The third-order valence-corrected chi connectivity index (χ3v) is 20.8. The lowest BCUT2D eigenvalue weighted by atomic mass is 9.93. The maximum Gasteiger partial charge on any atom is 0.164 e. The molecule has 13 heteroatoms. The van der Waals surface area contributed by atoms with Gasteiger partial charge in [-0.1, -0.05) is 221 Å². The van der Waals surface area contributed by atoms with Crippen molar-refractivity contribution in [2.45, 2.75) is 40.0 Å². The van der Waals surface area contributed by atoms with Gasteiger partial charge < -0.3 is 18.8 Å². The first-order valence-corrected chi connectivity index (χ1v) is 37.1. The van der Waals surface area contributed by atoms with E-state index >= 15 is 0 Å². The van der Waals surface area contributed by atoms with Gasteiger partial charge in [-0.05, 0) is 166 Å². The fourth-order valence-corrected chi connectivity index (χ4v) is 15.7. The van der Waals surface area contributed by atoms with Crippen LogP contribution in [0.4, 0.5) is 0 Å². The standard InChI is InChI=1S/C33H23N3O.C33H24N2O.C30H21N5O/c1-2-32-34-26-10-7-13-31-33(26)36(32)29-20-22(16-19-30(29)37-31)21-14-17-23(18-15-21)35-27-11-5-3-8-24(27)25-9-4-6-12-28(25)35;1-2-32-34-28-14-9-15-31-33(28)35(32)29-21-24(16-17-30(29)36-31)27-19-25(22-10-5-3-6-11-22)18-26(20-27)23-12-7-4-8-13-23;1-2-26-31-22-14-9-15-25-27(22)35(26)23-18-21(16-17-24(23)36-25)30-33-28(19-10-5-3-6-11-19)32-29(34-30)20-12-7-4-8-13-20/h3-20H,2H2,1H3;3-21H,2H2,1H3;3-18H,2H2,1H3. The molecule has 3 aliphatic rings. The molecule has 14 aromatic carbocycles. The minimum absolute atomic E-state index is 0.610. The largest absolute Gasteiger partial charge is 0.453 e. The Bertz CT molecular complexity index is 6330. The van der Waals surface area contributed by atoms with Crippen LogP contribution in [0.15, 0.2) is 322 Å². The van der Waals surface area contributed by atoms with Crippen molar-refractivity contribution >= 4 is 54.9 Å². The van der Waals surface area contributed by atoms with E-state index in [9.17, 15) is 0 Å². The van der Waals surface area contributed by atoms with Crippen molar-refractivity contribution in [2.75, 3.05) is 0 Å². The minimum atomic E-state index is 0.610. The zero-order valence-corrected chi connectivity index (χ0v) is 59.9. The van der Waals surface area contributed by atoms with Gasteiger partial charge in [-0.15, -0.1) is 0 Å². The van der Waals surface area contributed by atoms with Gasteiger partial charge >= 0.3 is 0 Å². The van der Waals surface area contributed by atoms with E-state index in [1.807, 2.05) is 115 Å². The summed E-state index contributed by atoms with van der Waals surface area (Å²) in [5.74, 6) is 10.0. The van der Waals surface area contributed by atoms with Crippen molar-refractivity contribution < 1.29 is 14.2 Å². The summed E-state index contributed by atoms with van der Waals surface area (Å²) in [6, 6.07) is 111. The van der Waals surface area contributed by atoms with Crippen molar-refractivity contribution in [3.63, 3.8) is 0 Å². The third kappa shape index (κ3) is 11.2.